The molecule has 0 N–H and O–H groups in total. The smallest absolute Gasteiger partial charge is 0.319 e. The molecule has 2 aromatic heterocycles. The third kappa shape index (κ3) is 3.41. The second kappa shape index (κ2) is 7.46. The molecule has 2 fully saturated rings. The van der Waals surface area contributed by atoms with E-state index >= 15 is 0 Å². The normalized spacial score (nSPS) is 21.5. The fourth-order valence-corrected chi connectivity index (χ4v) is 3.58. The van der Waals surface area contributed by atoms with E-state index in [1.807, 2.05) is 4.90 Å². The molecule has 4 heterocycles. The van der Waals surface area contributed by atoms with E-state index in [9.17, 15) is 4.39 Å². The number of likely N-dealkylation sites (N-methyl/N-ethyl adjacent to an activating group) is 1. The molecule has 9 heteroatoms. The number of aromatic nitrogens is 3. The summed E-state index contributed by atoms with van der Waals surface area (Å²) in [5.41, 5.74) is 0.135. The first kappa shape index (κ1) is 17.6. The Bertz CT molecular complexity index is 802. The minimum atomic E-state index is -0.649. The molecule has 0 amide bonds. The molecule has 4 rings (SSSR count). The van der Waals surface area contributed by atoms with Gasteiger partial charge in [0.1, 0.15) is 17.9 Å². The van der Waals surface area contributed by atoms with Crippen molar-refractivity contribution in [2.75, 3.05) is 51.4 Å². The van der Waals surface area contributed by atoms with E-state index in [1.165, 1.54) is 6.20 Å². The number of likely N-dealkylation sites (tertiary alicyclic amines) is 1. The molecule has 0 bridgehead atoms. The van der Waals surface area contributed by atoms with Gasteiger partial charge >= 0.3 is 6.01 Å². The van der Waals surface area contributed by atoms with E-state index in [0.29, 0.717) is 50.2 Å². The molecule has 0 unspecified atom stereocenters. The number of morpholine rings is 1. The lowest BCUT2D eigenvalue weighted by Gasteiger charge is -2.29. The lowest BCUT2D eigenvalue weighted by atomic mass is 10.2. The third-order valence-corrected chi connectivity index (χ3v) is 5.25. The van der Waals surface area contributed by atoms with Crippen LogP contribution in [-0.2, 0) is 4.74 Å². The van der Waals surface area contributed by atoms with Crippen LogP contribution in [-0.4, -0.2) is 72.4 Å². The van der Waals surface area contributed by atoms with E-state index in [-0.39, 0.29) is 16.7 Å². The van der Waals surface area contributed by atoms with Crippen molar-refractivity contribution in [3.05, 3.63) is 17.2 Å². The van der Waals surface area contributed by atoms with Crippen LogP contribution in [0.4, 0.5) is 10.2 Å². The van der Waals surface area contributed by atoms with Crippen molar-refractivity contribution in [2.24, 2.45) is 0 Å². The zero-order valence-electron chi connectivity index (χ0n) is 14.6. The van der Waals surface area contributed by atoms with E-state index in [4.69, 9.17) is 21.1 Å². The van der Waals surface area contributed by atoms with Gasteiger partial charge in [-0.25, -0.2) is 9.37 Å². The van der Waals surface area contributed by atoms with Gasteiger partial charge in [-0.1, -0.05) is 11.6 Å². The van der Waals surface area contributed by atoms with Gasteiger partial charge < -0.3 is 19.3 Å². The maximum Gasteiger partial charge on any atom is 0.319 e. The molecule has 0 saturated carbocycles. The Hall–Kier alpha value is -1.77. The largest absolute Gasteiger partial charge is 0.462 e. The second-order valence-electron chi connectivity index (χ2n) is 6.64. The van der Waals surface area contributed by atoms with Crippen molar-refractivity contribution >= 4 is 28.3 Å². The van der Waals surface area contributed by atoms with Crippen LogP contribution < -0.4 is 9.64 Å². The van der Waals surface area contributed by atoms with Crippen molar-refractivity contribution in [2.45, 2.75) is 18.9 Å². The van der Waals surface area contributed by atoms with Gasteiger partial charge in [0.05, 0.1) is 18.6 Å². The molecule has 0 aliphatic carbocycles. The lowest BCUT2D eigenvalue weighted by molar-refractivity contribution is 0.122. The number of nitrogens with zero attached hydrogens (tertiary/aromatic N) is 5. The average Bonchev–Trinajstić information content (AvgIpc) is 3.08. The summed E-state index contributed by atoms with van der Waals surface area (Å²) in [6, 6.07) is 0.493. The molecule has 0 radical (unpaired) electrons. The first-order valence-corrected chi connectivity index (χ1v) is 9.19. The third-order valence-electron chi connectivity index (χ3n) is 4.99. The van der Waals surface area contributed by atoms with Crippen molar-refractivity contribution in [3.8, 4) is 6.01 Å². The zero-order valence-corrected chi connectivity index (χ0v) is 15.4. The molecular weight excluding hydrogens is 361 g/mol. The Labute approximate surface area is 156 Å². The summed E-state index contributed by atoms with van der Waals surface area (Å²) in [6.07, 6.45) is 3.74. The highest BCUT2D eigenvalue weighted by Crippen LogP contribution is 2.30. The summed E-state index contributed by atoms with van der Waals surface area (Å²) in [6.45, 7) is 4.06. The van der Waals surface area contributed by atoms with E-state index in [2.05, 4.69) is 26.9 Å². The van der Waals surface area contributed by atoms with Crippen LogP contribution >= 0.6 is 11.6 Å². The van der Waals surface area contributed by atoms with E-state index in [0.717, 1.165) is 19.4 Å². The van der Waals surface area contributed by atoms with E-state index in [1.54, 1.807) is 0 Å². The van der Waals surface area contributed by atoms with Crippen LogP contribution in [0.2, 0.25) is 5.15 Å². The molecule has 140 valence electrons. The Kier molecular flexibility index (Phi) is 5.06. The molecule has 1 atom stereocenters. The highest BCUT2D eigenvalue weighted by Gasteiger charge is 2.24. The van der Waals surface area contributed by atoms with Gasteiger partial charge in [0.25, 0.3) is 0 Å². The molecule has 2 aromatic rings. The molecule has 26 heavy (non-hydrogen) atoms. The van der Waals surface area contributed by atoms with Crippen LogP contribution in [0, 0.1) is 5.82 Å². The molecule has 2 aliphatic heterocycles. The van der Waals surface area contributed by atoms with Gasteiger partial charge in [0, 0.05) is 25.3 Å². The summed E-state index contributed by atoms with van der Waals surface area (Å²) >= 11 is 5.85. The van der Waals surface area contributed by atoms with Crippen molar-refractivity contribution in [3.63, 3.8) is 0 Å². The highest BCUT2D eigenvalue weighted by atomic mass is 35.5. The lowest BCUT2D eigenvalue weighted by Crippen LogP contribution is -2.37. The standard InChI is InChI=1S/C17H21ClFN5O2/c1-23-4-2-3-11(23)10-26-17-21-14-12(9-20-15(18)13(14)19)16(22-17)24-5-7-25-8-6-24/h9,11H,2-8,10H2,1H3/t11-/m0/s1. The number of rotatable bonds is 4. The molecule has 2 aliphatic rings. The number of fused-ring (bicyclic) bond motifs is 1. The predicted octanol–water partition coefficient (Wildman–Crippen LogP) is 2.13. The van der Waals surface area contributed by atoms with Gasteiger partial charge in [0.2, 0.25) is 0 Å². The summed E-state index contributed by atoms with van der Waals surface area (Å²) in [5.74, 6) is -0.0416. The zero-order chi connectivity index (χ0) is 18.1. The SMILES string of the molecule is CN1CCC[C@H]1COc1nc(N2CCOCC2)c2cnc(Cl)c(F)c2n1. The fraction of sp³-hybridized carbons (Fsp3) is 0.588. The Morgan fingerprint density at radius 2 is 2.12 bits per heavy atom. The van der Waals surface area contributed by atoms with Gasteiger partial charge in [-0.3, -0.25) is 0 Å². The molecular formula is C17H21ClFN5O2. The maximum absolute atomic E-state index is 14.5. The van der Waals surface area contributed by atoms with Crippen LogP contribution in [0.15, 0.2) is 6.20 Å². The molecule has 7 nitrogen and oxygen atoms in total. The van der Waals surface area contributed by atoms with Crippen LogP contribution in [0.5, 0.6) is 6.01 Å². The predicted molar refractivity (Wildman–Crippen MR) is 96.5 cm³/mol. The highest BCUT2D eigenvalue weighted by molar-refractivity contribution is 6.30. The van der Waals surface area contributed by atoms with Crippen LogP contribution in [0.1, 0.15) is 12.8 Å². The van der Waals surface area contributed by atoms with Crippen LogP contribution in [0.3, 0.4) is 0 Å². The Balaban J connectivity index is 1.69. The minimum Gasteiger partial charge on any atom is -0.462 e. The molecule has 0 aromatic carbocycles. The van der Waals surface area contributed by atoms with Crippen LogP contribution in [0.25, 0.3) is 10.9 Å². The van der Waals surface area contributed by atoms with Gasteiger partial charge in [-0.05, 0) is 26.4 Å². The first-order valence-electron chi connectivity index (χ1n) is 8.81. The quantitative estimate of drug-likeness (QED) is 0.752. The molecule has 2 saturated heterocycles. The number of ether oxygens (including phenoxy) is 2. The topological polar surface area (TPSA) is 63.6 Å². The maximum atomic E-state index is 14.5. The summed E-state index contributed by atoms with van der Waals surface area (Å²) in [4.78, 5) is 17.0. The van der Waals surface area contributed by atoms with Crippen molar-refractivity contribution in [1.82, 2.24) is 19.9 Å². The number of pyridine rings is 1. The summed E-state index contributed by atoms with van der Waals surface area (Å²) in [5, 5.41) is 0.324. The molecule has 0 spiro atoms. The summed E-state index contributed by atoms with van der Waals surface area (Å²) in [7, 11) is 2.08. The number of hydrogen-bond acceptors (Lipinski definition) is 7. The fourth-order valence-electron chi connectivity index (χ4n) is 3.44. The number of halogens is 2. The number of hydrogen-bond donors (Lipinski definition) is 0. The monoisotopic (exact) mass is 381 g/mol. The summed E-state index contributed by atoms with van der Waals surface area (Å²) < 4.78 is 25.8. The average molecular weight is 382 g/mol. The van der Waals surface area contributed by atoms with E-state index < -0.39 is 5.82 Å². The van der Waals surface area contributed by atoms with Crippen molar-refractivity contribution in [1.29, 1.82) is 0 Å². The Morgan fingerprint density at radius 1 is 1.31 bits per heavy atom. The first-order chi connectivity index (χ1) is 12.6. The second-order valence-corrected chi connectivity index (χ2v) is 7.00. The van der Waals surface area contributed by atoms with Crippen molar-refractivity contribution < 1.29 is 13.9 Å². The van der Waals surface area contributed by atoms with Gasteiger partial charge in [-0.15, -0.1) is 0 Å². The number of anilines is 1. The van der Waals surface area contributed by atoms with Gasteiger partial charge in [-0.2, -0.15) is 9.97 Å². The minimum absolute atomic E-state index is 0.135. The Morgan fingerprint density at radius 3 is 2.85 bits per heavy atom. The van der Waals surface area contributed by atoms with Gasteiger partial charge in [0.15, 0.2) is 11.0 Å².